The molecule has 0 bridgehead atoms. The molecule has 0 spiro atoms. The maximum Gasteiger partial charge on any atom is 0.119 e. The van der Waals surface area contributed by atoms with Crippen LogP contribution in [0.3, 0.4) is 0 Å². The molecule has 2 aromatic carbocycles. The predicted octanol–water partition coefficient (Wildman–Crippen LogP) is 3.07. The Hall–Kier alpha value is -2.31. The standard InChI is InChI=1S/C17H18N2O/c1-19(14-16-5-3-2-4-6-16)11-12-20-17-9-7-15(13-18)8-10-17/h2-10H,11-12,14H2,1H3. The first-order valence-electron chi connectivity index (χ1n) is 6.63. The van der Waals surface area contributed by atoms with Crippen molar-refractivity contribution in [1.29, 1.82) is 5.26 Å². The van der Waals surface area contributed by atoms with E-state index in [0.717, 1.165) is 18.8 Å². The second-order valence-corrected chi connectivity index (χ2v) is 4.71. The Kier molecular flexibility index (Phi) is 5.16. The van der Waals surface area contributed by atoms with Crippen LogP contribution in [0.1, 0.15) is 11.1 Å². The number of ether oxygens (including phenoxy) is 1. The Morgan fingerprint density at radius 2 is 1.75 bits per heavy atom. The van der Waals surface area contributed by atoms with E-state index < -0.39 is 0 Å². The predicted molar refractivity (Wildman–Crippen MR) is 79.4 cm³/mol. The van der Waals surface area contributed by atoms with Gasteiger partial charge in [0.2, 0.25) is 0 Å². The lowest BCUT2D eigenvalue weighted by molar-refractivity contribution is 0.233. The zero-order chi connectivity index (χ0) is 14.2. The van der Waals surface area contributed by atoms with E-state index in [1.54, 1.807) is 12.1 Å². The van der Waals surface area contributed by atoms with Gasteiger partial charge >= 0.3 is 0 Å². The normalized spacial score (nSPS) is 10.2. The van der Waals surface area contributed by atoms with E-state index >= 15 is 0 Å². The molecule has 0 unspecified atom stereocenters. The average Bonchev–Trinajstić information content (AvgIpc) is 2.49. The molecule has 3 heteroatoms. The molecular formula is C17H18N2O. The fourth-order valence-corrected chi connectivity index (χ4v) is 1.92. The van der Waals surface area contributed by atoms with E-state index in [-0.39, 0.29) is 0 Å². The lowest BCUT2D eigenvalue weighted by atomic mass is 10.2. The quantitative estimate of drug-likeness (QED) is 0.806. The summed E-state index contributed by atoms with van der Waals surface area (Å²) in [6, 6.07) is 19.7. The second-order valence-electron chi connectivity index (χ2n) is 4.71. The molecule has 20 heavy (non-hydrogen) atoms. The Balaban J connectivity index is 1.73. The molecule has 0 aromatic heterocycles. The van der Waals surface area contributed by atoms with Gasteiger partial charge in [0.05, 0.1) is 11.6 Å². The number of likely N-dealkylation sites (N-methyl/N-ethyl adjacent to an activating group) is 1. The van der Waals surface area contributed by atoms with Gasteiger partial charge in [-0.25, -0.2) is 0 Å². The van der Waals surface area contributed by atoms with E-state index in [1.165, 1.54) is 5.56 Å². The van der Waals surface area contributed by atoms with Crippen molar-refractivity contribution in [2.24, 2.45) is 0 Å². The summed E-state index contributed by atoms with van der Waals surface area (Å²) >= 11 is 0. The summed E-state index contributed by atoms with van der Waals surface area (Å²) in [7, 11) is 2.08. The highest BCUT2D eigenvalue weighted by molar-refractivity contribution is 5.34. The molecule has 0 N–H and O–H groups in total. The van der Waals surface area contributed by atoms with Crippen LogP contribution in [0.4, 0.5) is 0 Å². The van der Waals surface area contributed by atoms with Crippen molar-refractivity contribution in [3.05, 3.63) is 65.7 Å². The summed E-state index contributed by atoms with van der Waals surface area (Å²) in [6.07, 6.45) is 0. The number of hydrogen-bond donors (Lipinski definition) is 0. The van der Waals surface area contributed by atoms with Crippen LogP contribution in [0.2, 0.25) is 0 Å². The highest BCUT2D eigenvalue weighted by atomic mass is 16.5. The summed E-state index contributed by atoms with van der Waals surface area (Å²) in [6.45, 7) is 2.40. The van der Waals surface area contributed by atoms with E-state index in [2.05, 4.69) is 42.3 Å². The van der Waals surface area contributed by atoms with Crippen LogP contribution in [0.5, 0.6) is 5.75 Å². The van der Waals surface area contributed by atoms with E-state index in [4.69, 9.17) is 10.00 Å². The minimum atomic E-state index is 0.634. The van der Waals surface area contributed by atoms with Crippen molar-refractivity contribution >= 4 is 0 Å². The Morgan fingerprint density at radius 1 is 1.05 bits per heavy atom. The van der Waals surface area contributed by atoms with Crippen LogP contribution >= 0.6 is 0 Å². The Bertz CT molecular complexity index is 558. The molecule has 102 valence electrons. The van der Waals surface area contributed by atoms with Crippen LogP contribution in [-0.4, -0.2) is 25.1 Å². The fourth-order valence-electron chi connectivity index (χ4n) is 1.92. The molecule has 0 amide bonds. The molecule has 3 nitrogen and oxygen atoms in total. The molecular weight excluding hydrogens is 248 g/mol. The first kappa shape index (κ1) is 14.1. The summed E-state index contributed by atoms with van der Waals surface area (Å²) in [5.74, 6) is 0.803. The van der Waals surface area contributed by atoms with Crippen LogP contribution in [0.25, 0.3) is 0 Å². The second kappa shape index (κ2) is 7.32. The van der Waals surface area contributed by atoms with Crippen molar-refractivity contribution in [2.75, 3.05) is 20.2 Å². The maximum absolute atomic E-state index is 8.72. The Labute approximate surface area is 120 Å². The van der Waals surface area contributed by atoms with Crippen molar-refractivity contribution < 1.29 is 4.74 Å². The molecule has 2 rings (SSSR count). The summed E-state index contributed by atoms with van der Waals surface area (Å²) in [5, 5.41) is 8.72. The topological polar surface area (TPSA) is 36.3 Å². The number of benzene rings is 2. The van der Waals surface area contributed by atoms with Gasteiger partial charge in [0.15, 0.2) is 0 Å². The van der Waals surface area contributed by atoms with Gasteiger partial charge in [-0.15, -0.1) is 0 Å². The van der Waals surface area contributed by atoms with Crippen molar-refractivity contribution in [1.82, 2.24) is 4.90 Å². The zero-order valence-corrected chi connectivity index (χ0v) is 11.6. The maximum atomic E-state index is 8.72. The zero-order valence-electron chi connectivity index (χ0n) is 11.6. The van der Waals surface area contributed by atoms with E-state index in [0.29, 0.717) is 12.2 Å². The van der Waals surface area contributed by atoms with E-state index in [9.17, 15) is 0 Å². The largest absolute Gasteiger partial charge is 0.492 e. The highest BCUT2D eigenvalue weighted by Crippen LogP contribution is 2.11. The van der Waals surface area contributed by atoms with Gasteiger partial charge in [0, 0.05) is 13.1 Å². The minimum Gasteiger partial charge on any atom is -0.492 e. The molecule has 0 saturated carbocycles. The van der Waals surface area contributed by atoms with E-state index in [1.807, 2.05) is 18.2 Å². The molecule has 0 heterocycles. The molecule has 0 aliphatic carbocycles. The monoisotopic (exact) mass is 266 g/mol. The van der Waals surface area contributed by atoms with Crippen LogP contribution in [0.15, 0.2) is 54.6 Å². The van der Waals surface area contributed by atoms with Crippen molar-refractivity contribution in [3.8, 4) is 11.8 Å². The molecule has 0 saturated heterocycles. The fraction of sp³-hybridized carbons (Fsp3) is 0.235. The van der Waals surface area contributed by atoms with Crippen LogP contribution in [0, 0.1) is 11.3 Å². The van der Waals surface area contributed by atoms with Crippen molar-refractivity contribution in [2.45, 2.75) is 6.54 Å². The molecule has 0 atom stereocenters. The average molecular weight is 266 g/mol. The minimum absolute atomic E-state index is 0.634. The van der Waals surface area contributed by atoms with Crippen LogP contribution in [-0.2, 0) is 6.54 Å². The van der Waals surface area contributed by atoms with Gasteiger partial charge in [0.25, 0.3) is 0 Å². The van der Waals surface area contributed by atoms with Gasteiger partial charge in [0.1, 0.15) is 12.4 Å². The number of rotatable bonds is 6. The van der Waals surface area contributed by atoms with Crippen molar-refractivity contribution in [3.63, 3.8) is 0 Å². The Morgan fingerprint density at radius 3 is 2.40 bits per heavy atom. The van der Waals surface area contributed by atoms with Crippen LogP contribution < -0.4 is 4.74 Å². The summed E-state index contributed by atoms with van der Waals surface area (Å²) in [4.78, 5) is 2.22. The third-order valence-corrected chi connectivity index (χ3v) is 3.02. The number of hydrogen-bond acceptors (Lipinski definition) is 3. The first-order valence-corrected chi connectivity index (χ1v) is 6.63. The highest BCUT2D eigenvalue weighted by Gasteiger charge is 2.01. The van der Waals surface area contributed by atoms with Gasteiger partial charge in [-0.2, -0.15) is 5.26 Å². The van der Waals surface area contributed by atoms with Gasteiger partial charge in [-0.3, -0.25) is 4.90 Å². The van der Waals surface area contributed by atoms with Gasteiger partial charge in [-0.05, 0) is 36.9 Å². The number of nitriles is 1. The molecule has 0 fully saturated rings. The number of nitrogens with zero attached hydrogens (tertiary/aromatic N) is 2. The molecule has 0 aliphatic heterocycles. The smallest absolute Gasteiger partial charge is 0.119 e. The lowest BCUT2D eigenvalue weighted by Crippen LogP contribution is -2.23. The van der Waals surface area contributed by atoms with Gasteiger partial charge in [-0.1, -0.05) is 30.3 Å². The third kappa shape index (κ3) is 4.42. The third-order valence-electron chi connectivity index (χ3n) is 3.02. The lowest BCUT2D eigenvalue weighted by Gasteiger charge is -2.17. The molecule has 0 aliphatic rings. The first-order chi connectivity index (χ1) is 9.78. The van der Waals surface area contributed by atoms with Gasteiger partial charge < -0.3 is 4.74 Å². The molecule has 0 radical (unpaired) electrons. The summed E-state index contributed by atoms with van der Waals surface area (Å²) in [5.41, 5.74) is 1.95. The SMILES string of the molecule is CN(CCOc1ccc(C#N)cc1)Cc1ccccc1. The molecule has 2 aromatic rings. The summed E-state index contributed by atoms with van der Waals surface area (Å²) < 4.78 is 5.66.